The summed E-state index contributed by atoms with van der Waals surface area (Å²) in [5, 5.41) is 4.49. The van der Waals surface area contributed by atoms with E-state index in [1.54, 1.807) is 6.26 Å². The van der Waals surface area contributed by atoms with Gasteiger partial charge in [0.05, 0.1) is 11.3 Å². The van der Waals surface area contributed by atoms with Gasteiger partial charge in [0.25, 0.3) is 0 Å². The van der Waals surface area contributed by atoms with Crippen molar-refractivity contribution in [3.8, 4) is 0 Å². The van der Waals surface area contributed by atoms with E-state index >= 15 is 0 Å². The molecule has 1 unspecified atom stereocenters. The van der Waals surface area contributed by atoms with E-state index < -0.39 is 0 Å². The van der Waals surface area contributed by atoms with Crippen molar-refractivity contribution in [1.82, 2.24) is 5.32 Å². The van der Waals surface area contributed by atoms with Gasteiger partial charge in [-0.05, 0) is 29.5 Å². The molecule has 0 fully saturated rings. The normalized spacial score (nSPS) is 13.5. The molecule has 0 radical (unpaired) electrons. The van der Waals surface area contributed by atoms with Crippen molar-refractivity contribution < 1.29 is 9.21 Å². The van der Waals surface area contributed by atoms with Crippen molar-refractivity contribution in [1.29, 1.82) is 0 Å². The number of carbonyl (C=O) groups is 1. The predicted octanol–water partition coefficient (Wildman–Crippen LogP) is 3.79. The molecule has 1 amide bonds. The van der Waals surface area contributed by atoms with Gasteiger partial charge in [-0.15, -0.1) is 0 Å². The van der Waals surface area contributed by atoms with Crippen LogP contribution in [0.5, 0.6) is 0 Å². The van der Waals surface area contributed by atoms with Crippen LogP contribution in [-0.2, 0) is 11.2 Å². The van der Waals surface area contributed by atoms with Crippen molar-refractivity contribution in [2.75, 3.05) is 0 Å². The van der Waals surface area contributed by atoms with Crippen LogP contribution in [0.4, 0.5) is 0 Å². The average Bonchev–Trinajstić information content (AvgIpc) is 2.80. The lowest BCUT2D eigenvalue weighted by Crippen LogP contribution is -2.41. The number of fused-ring (bicyclic) bond motifs is 1. The number of carbonyl (C=O) groups excluding carboxylic acids is 1. The summed E-state index contributed by atoms with van der Waals surface area (Å²) < 4.78 is 5.52. The summed E-state index contributed by atoms with van der Waals surface area (Å²) in [7, 11) is 0. The second-order valence-corrected chi connectivity index (χ2v) is 6.18. The summed E-state index contributed by atoms with van der Waals surface area (Å²) in [4.78, 5) is 10.8. The van der Waals surface area contributed by atoms with Crippen molar-refractivity contribution in [2.24, 2.45) is 5.41 Å². The van der Waals surface area contributed by atoms with E-state index in [1.807, 2.05) is 18.2 Å². The highest BCUT2D eigenvalue weighted by atomic mass is 35.5. The summed E-state index contributed by atoms with van der Waals surface area (Å²) in [5.74, 6) is 0. The molecule has 1 aromatic heterocycles. The zero-order valence-electron chi connectivity index (χ0n) is 11.4. The van der Waals surface area contributed by atoms with E-state index in [1.165, 1.54) is 0 Å². The van der Waals surface area contributed by atoms with Crippen LogP contribution in [0.3, 0.4) is 0 Å². The minimum Gasteiger partial charge on any atom is -0.464 e. The molecule has 2 aromatic rings. The van der Waals surface area contributed by atoms with E-state index in [-0.39, 0.29) is 11.5 Å². The quantitative estimate of drug-likeness (QED) is 0.865. The van der Waals surface area contributed by atoms with Crippen LogP contribution in [-0.4, -0.2) is 12.5 Å². The lowest BCUT2D eigenvalue weighted by Gasteiger charge is -2.30. The second-order valence-electron chi connectivity index (χ2n) is 5.78. The minimum atomic E-state index is -0.0283. The first kappa shape index (κ1) is 13.9. The number of rotatable bonds is 4. The molecule has 1 N–H and O–H groups in total. The van der Waals surface area contributed by atoms with Gasteiger partial charge in [-0.25, -0.2) is 0 Å². The number of hydrogen-bond donors (Lipinski definition) is 1. The molecule has 0 aliphatic heterocycles. The van der Waals surface area contributed by atoms with Crippen LogP contribution in [0, 0.1) is 5.41 Å². The highest BCUT2D eigenvalue weighted by molar-refractivity contribution is 6.35. The molecule has 0 saturated carbocycles. The molecule has 2 rings (SSSR count). The highest BCUT2D eigenvalue weighted by Gasteiger charge is 2.25. The molecule has 1 atom stereocenters. The topological polar surface area (TPSA) is 42.2 Å². The SMILES string of the molecule is CC(C)(C)C(Cc1ccc(Cl)c2ccoc12)NC=O. The molecule has 0 bridgehead atoms. The van der Waals surface area contributed by atoms with E-state index in [0.29, 0.717) is 11.4 Å². The molecule has 4 heteroatoms. The van der Waals surface area contributed by atoms with Crippen LogP contribution in [0.2, 0.25) is 5.02 Å². The van der Waals surface area contributed by atoms with Crippen molar-refractivity contribution in [3.05, 3.63) is 35.0 Å². The van der Waals surface area contributed by atoms with E-state index in [2.05, 4.69) is 26.1 Å². The van der Waals surface area contributed by atoms with Crippen molar-refractivity contribution in [3.63, 3.8) is 0 Å². The number of nitrogens with one attached hydrogen (secondary N) is 1. The van der Waals surface area contributed by atoms with Gasteiger partial charge in [-0.1, -0.05) is 38.4 Å². The maximum Gasteiger partial charge on any atom is 0.207 e. The first-order chi connectivity index (χ1) is 8.93. The third kappa shape index (κ3) is 2.92. The van der Waals surface area contributed by atoms with E-state index in [9.17, 15) is 4.79 Å². The Morgan fingerprint density at radius 2 is 2.11 bits per heavy atom. The van der Waals surface area contributed by atoms with Crippen molar-refractivity contribution in [2.45, 2.75) is 33.2 Å². The summed E-state index contributed by atoms with van der Waals surface area (Å²) in [6.45, 7) is 6.30. The second kappa shape index (κ2) is 5.25. The molecule has 1 aromatic carbocycles. The van der Waals surface area contributed by atoms with Gasteiger partial charge in [0.2, 0.25) is 6.41 Å². The van der Waals surface area contributed by atoms with Crippen LogP contribution in [0.1, 0.15) is 26.3 Å². The van der Waals surface area contributed by atoms with E-state index in [4.69, 9.17) is 16.0 Å². The minimum absolute atomic E-state index is 0.0283. The summed E-state index contributed by atoms with van der Waals surface area (Å²) in [6, 6.07) is 5.73. The molecule has 1 heterocycles. The molecule has 3 nitrogen and oxygen atoms in total. The number of benzene rings is 1. The Bertz CT molecular complexity index is 583. The van der Waals surface area contributed by atoms with Crippen LogP contribution in [0.15, 0.2) is 28.9 Å². The lowest BCUT2D eigenvalue weighted by molar-refractivity contribution is -0.110. The van der Waals surface area contributed by atoms with Crippen LogP contribution >= 0.6 is 11.6 Å². The molecule has 0 spiro atoms. The fourth-order valence-corrected chi connectivity index (χ4v) is 2.37. The largest absolute Gasteiger partial charge is 0.464 e. The summed E-state index contributed by atoms with van der Waals surface area (Å²) in [6.07, 6.45) is 3.11. The number of furan rings is 1. The molecular formula is C15H18ClNO2. The summed E-state index contributed by atoms with van der Waals surface area (Å²) >= 11 is 6.13. The van der Waals surface area contributed by atoms with Gasteiger partial charge >= 0.3 is 0 Å². The van der Waals surface area contributed by atoms with Crippen molar-refractivity contribution >= 4 is 29.0 Å². The van der Waals surface area contributed by atoms with Gasteiger partial charge < -0.3 is 9.73 Å². The molecule has 0 saturated heterocycles. The first-order valence-corrected chi connectivity index (χ1v) is 6.65. The third-order valence-corrected chi connectivity index (χ3v) is 3.71. The van der Waals surface area contributed by atoms with Gasteiger partial charge in [0, 0.05) is 11.4 Å². The fraction of sp³-hybridized carbons (Fsp3) is 0.400. The third-order valence-electron chi connectivity index (χ3n) is 3.38. The monoisotopic (exact) mass is 279 g/mol. The Morgan fingerprint density at radius 1 is 1.37 bits per heavy atom. The average molecular weight is 280 g/mol. The maximum absolute atomic E-state index is 10.8. The molecular weight excluding hydrogens is 262 g/mol. The Balaban J connectivity index is 2.37. The zero-order chi connectivity index (χ0) is 14.0. The number of amides is 1. The van der Waals surface area contributed by atoms with Gasteiger partial charge in [0.15, 0.2) is 0 Å². The fourth-order valence-electron chi connectivity index (χ4n) is 2.16. The number of hydrogen-bond acceptors (Lipinski definition) is 2. The smallest absolute Gasteiger partial charge is 0.207 e. The molecule has 102 valence electrons. The maximum atomic E-state index is 10.8. The molecule has 0 aliphatic rings. The summed E-state index contributed by atoms with van der Waals surface area (Å²) in [5.41, 5.74) is 1.83. The highest BCUT2D eigenvalue weighted by Crippen LogP contribution is 2.30. The standard InChI is InChI=1S/C15H18ClNO2/c1-15(2,3)13(17-9-18)8-10-4-5-12(16)11-6-7-19-14(10)11/h4-7,9,13H,8H2,1-3H3,(H,17,18). The molecule has 19 heavy (non-hydrogen) atoms. The van der Waals surface area contributed by atoms with Crippen LogP contribution in [0.25, 0.3) is 11.0 Å². The molecule has 0 aliphatic carbocycles. The lowest BCUT2D eigenvalue weighted by atomic mass is 9.83. The zero-order valence-corrected chi connectivity index (χ0v) is 12.1. The number of halogens is 1. The van der Waals surface area contributed by atoms with E-state index in [0.717, 1.165) is 22.9 Å². The van der Waals surface area contributed by atoms with Gasteiger partial charge in [-0.3, -0.25) is 4.79 Å². The Labute approximate surface area is 117 Å². The Morgan fingerprint density at radius 3 is 2.74 bits per heavy atom. The first-order valence-electron chi connectivity index (χ1n) is 6.28. The van der Waals surface area contributed by atoms with Crippen LogP contribution < -0.4 is 5.32 Å². The Kier molecular flexibility index (Phi) is 3.85. The predicted molar refractivity (Wildman–Crippen MR) is 77.4 cm³/mol. The van der Waals surface area contributed by atoms with Gasteiger partial charge in [-0.2, -0.15) is 0 Å². The Hall–Kier alpha value is -1.48. The van der Waals surface area contributed by atoms with Gasteiger partial charge in [0.1, 0.15) is 5.58 Å².